The van der Waals surface area contributed by atoms with Crippen LogP contribution in [0.5, 0.6) is 0 Å². The van der Waals surface area contributed by atoms with E-state index >= 15 is 0 Å². The van der Waals surface area contributed by atoms with Crippen molar-refractivity contribution in [1.29, 1.82) is 0 Å². The van der Waals surface area contributed by atoms with Gasteiger partial charge in [-0.15, -0.1) is 11.3 Å². The van der Waals surface area contributed by atoms with E-state index in [9.17, 15) is 66.2 Å². The second kappa shape index (κ2) is 43.9. The molecular formula is C60H97F3N10O12S. The number of carboxylic acids is 1. The molecule has 0 bridgehead atoms. The van der Waals surface area contributed by atoms with Crippen molar-refractivity contribution in [2.75, 3.05) is 32.7 Å². The van der Waals surface area contributed by atoms with Crippen molar-refractivity contribution in [3.8, 4) is 0 Å². The summed E-state index contributed by atoms with van der Waals surface area (Å²) in [4.78, 5) is 119. The van der Waals surface area contributed by atoms with Crippen LogP contribution in [0.1, 0.15) is 185 Å². The maximum atomic E-state index is 12.8. The average molecular weight is 1240 g/mol. The molecule has 0 spiro atoms. The molecule has 0 radical (unpaired) electrons. The van der Waals surface area contributed by atoms with Gasteiger partial charge in [-0.3, -0.25) is 47.9 Å². The van der Waals surface area contributed by atoms with E-state index in [1.165, 1.54) is 43.7 Å². The van der Waals surface area contributed by atoms with Crippen LogP contribution in [0.4, 0.5) is 13.2 Å². The molecule has 9 amide bonds. The summed E-state index contributed by atoms with van der Waals surface area (Å²) in [5, 5.41) is 44.2. The third-order valence-electron chi connectivity index (χ3n) is 14.1. The topological polar surface area (TPSA) is 345 Å². The molecule has 6 atom stereocenters. The Morgan fingerprint density at radius 1 is 0.640 bits per heavy atom. The number of carbonyl (C=O) groups is 10. The lowest BCUT2D eigenvalue weighted by Crippen LogP contribution is -2.48. The summed E-state index contributed by atoms with van der Waals surface area (Å²) in [5.41, 5.74) is 5.12. The number of unbranched alkanes of at least 4 members (excludes halogenated alkanes) is 3. The summed E-state index contributed by atoms with van der Waals surface area (Å²) >= 11 is 1.32. The van der Waals surface area contributed by atoms with E-state index in [2.05, 4.69) is 54.8 Å². The zero-order valence-corrected chi connectivity index (χ0v) is 52.0. The number of benzene rings is 1. The summed E-state index contributed by atoms with van der Waals surface area (Å²) in [6, 6.07) is 5.33. The Hall–Kier alpha value is -6.67. The van der Waals surface area contributed by atoms with Crippen molar-refractivity contribution in [2.24, 2.45) is 23.5 Å². The Balaban J connectivity index is 0.000000650. The van der Waals surface area contributed by atoms with E-state index in [0.29, 0.717) is 88.0 Å². The summed E-state index contributed by atoms with van der Waals surface area (Å²) in [5.74, 6) is -2.31. The van der Waals surface area contributed by atoms with Crippen molar-refractivity contribution >= 4 is 70.5 Å². The van der Waals surface area contributed by atoms with Gasteiger partial charge in [0.15, 0.2) is 0 Å². The molecule has 1 aromatic heterocycles. The van der Waals surface area contributed by atoms with Gasteiger partial charge in [0.25, 0.3) is 5.91 Å². The second-order valence-corrected chi connectivity index (χ2v) is 22.6. The molecule has 486 valence electrons. The van der Waals surface area contributed by atoms with Crippen LogP contribution >= 0.6 is 11.3 Å². The first-order chi connectivity index (χ1) is 40.7. The molecule has 0 aliphatic heterocycles. The zero-order valence-electron chi connectivity index (χ0n) is 51.2. The number of aliphatic hydroxyl groups is 1. The maximum Gasteiger partial charge on any atom is 0.416 e. The highest BCUT2D eigenvalue weighted by molar-refractivity contribution is 7.12. The van der Waals surface area contributed by atoms with Crippen molar-refractivity contribution in [3.05, 3.63) is 57.8 Å². The fourth-order valence-electron chi connectivity index (χ4n) is 8.78. The number of halogens is 3. The summed E-state index contributed by atoms with van der Waals surface area (Å²) in [7, 11) is 0. The summed E-state index contributed by atoms with van der Waals surface area (Å²) in [6.45, 7) is 14.2. The lowest BCUT2D eigenvalue weighted by atomic mass is 9.80. The molecule has 1 fully saturated rings. The fourth-order valence-corrected chi connectivity index (χ4v) is 9.41. The van der Waals surface area contributed by atoms with Crippen LogP contribution in [0.3, 0.4) is 0 Å². The summed E-state index contributed by atoms with van der Waals surface area (Å²) in [6.07, 6.45) is 7.03. The number of carbonyl (C=O) groups excluding carboxylic acids is 9. The van der Waals surface area contributed by atoms with Gasteiger partial charge in [0.05, 0.1) is 22.6 Å². The van der Waals surface area contributed by atoms with Gasteiger partial charge in [-0.2, -0.15) is 13.2 Å². The van der Waals surface area contributed by atoms with Gasteiger partial charge in [-0.25, -0.2) is 0 Å². The Morgan fingerprint density at radius 2 is 1.16 bits per heavy atom. The third-order valence-corrected chi connectivity index (χ3v) is 15.0. The highest BCUT2D eigenvalue weighted by Crippen LogP contribution is 2.31. The number of rotatable bonds is 36. The molecule has 86 heavy (non-hydrogen) atoms. The van der Waals surface area contributed by atoms with Crippen molar-refractivity contribution in [2.45, 2.75) is 207 Å². The molecule has 2 aromatic rings. The Morgan fingerprint density at radius 3 is 1.65 bits per heavy atom. The quantitative estimate of drug-likeness (QED) is 0.0376. The first kappa shape index (κ1) is 77.3. The number of aliphatic carboxylic acids is 1. The number of thiophene rings is 1. The SMILES string of the molecule is CCC1CCC(C(=O)NCCCC[C@H](NC(=O)c2cccs2)C(=O)NC[C@@H](C)O)CC1.CCCNC(=O)[C@@H](CCCCNC(=O)[C@@H](N)CCC(=O)O)NC(C)=O.CC[C@H](C)C(=O)NCCCCC(NC(C)=O)C(=O)NCc1cccc(C(F)(F)F)c1. The molecule has 1 heterocycles. The molecule has 26 heteroatoms. The molecule has 0 saturated heterocycles. The van der Waals surface area contributed by atoms with E-state index < -0.39 is 53.9 Å². The lowest BCUT2D eigenvalue weighted by Gasteiger charge is -2.27. The average Bonchev–Trinajstić information content (AvgIpc) is 4.13. The normalized spacial score (nSPS) is 15.7. The highest BCUT2D eigenvalue weighted by Gasteiger charge is 2.31. The van der Waals surface area contributed by atoms with E-state index in [0.717, 1.165) is 63.0 Å². The van der Waals surface area contributed by atoms with Gasteiger partial charge >= 0.3 is 12.1 Å². The van der Waals surface area contributed by atoms with Gasteiger partial charge in [-0.1, -0.05) is 52.3 Å². The largest absolute Gasteiger partial charge is 0.481 e. The number of hydrogen-bond acceptors (Lipinski definition) is 13. The van der Waals surface area contributed by atoms with E-state index in [1.54, 1.807) is 19.1 Å². The lowest BCUT2D eigenvalue weighted by molar-refractivity contribution is -0.138. The first-order valence-electron chi connectivity index (χ1n) is 30.1. The predicted octanol–water partition coefficient (Wildman–Crippen LogP) is 5.50. The molecule has 3 rings (SSSR count). The van der Waals surface area contributed by atoms with Crippen LogP contribution in [0.15, 0.2) is 41.8 Å². The van der Waals surface area contributed by atoms with Crippen molar-refractivity contribution in [3.63, 3.8) is 0 Å². The van der Waals surface area contributed by atoms with Crippen LogP contribution in [0.2, 0.25) is 0 Å². The number of alkyl halides is 3. The Labute approximate surface area is 508 Å². The van der Waals surface area contributed by atoms with Crippen LogP contribution in [-0.4, -0.2) is 132 Å². The minimum Gasteiger partial charge on any atom is -0.481 e. The molecule has 13 N–H and O–H groups in total. The van der Waals surface area contributed by atoms with Gasteiger partial charge in [0.1, 0.15) is 18.1 Å². The molecule has 1 aliphatic rings. The van der Waals surface area contributed by atoms with E-state index in [1.807, 2.05) is 26.2 Å². The van der Waals surface area contributed by atoms with Crippen molar-refractivity contribution in [1.82, 2.24) is 47.9 Å². The van der Waals surface area contributed by atoms with Crippen LogP contribution < -0.4 is 53.6 Å². The summed E-state index contributed by atoms with van der Waals surface area (Å²) < 4.78 is 38.4. The number of carboxylic acid groups (broad SMARTS) is 1. The fraction of sp³-hybridized carbons (Fsp3) is 0.667. The number of aliphatic hydroxyl groups excluding tert-OH is 1. The molecule has 1 aromatic carbocycles. The Kier molecular flexibility index (Phi) is 39.5. The second-order valence-electron chi connectivity index (χ2n) is 21.6. The van der Waals surface area contributed by atoms with E-state index in [4.69, 9.17) is 10.8 Å². The van der Waals surface area contributed by atoms with Crippen LogP contribution in [0.25, 0.3) is 0 Å². The van der Waals surface area contributed by atoms with Gasteiger partial charge in [0.2, 0.25) is 47.3 Å². The maximum absolute atomic E-state index is 12.8. The number of nitrogens with one attached hydrogen (secondary N) is 9. The standard InChI is InChI=1S/C23H37N3O4S.C21H30F3N3O3.C16H30N4O5/c1-3-17-9-11-18(12-10-17)21(28)24-13-5-4-7-19(22(29)25-15-16(2)27)26-23(30)20-8-6-14-31-20;1-4-14(2)19(29)25-11-6-5-10-18(27-15(3)28)20(30)26-13-16-8-7-9-17(12-16)21(22,23)24;1-3-9-18-16(25)13(20-11(2)21)6-4-5-10-19-15(24)12(17)7-8-14(22)23/h6,8,14,16-19,27H,3-5,7,9-13,15H2,1-2H3,(H,24,28)(H,25,29)(H,26,30);7-9,12,14,18H,4-6,10-11,13H2,1-3H3,(H,25,29)(H,26,30)(H,27,28);12-13H,3-10,17H2,1-2H3,(H,18,25)(H,19,24)(H,20,21)(H,22,23)/t16-,17?,18?,19+;14-,18?;12-,13+/m100/s1. The van der Waals surface area contributed by atoms with Crippen molar-refractivity contribution < 1.29 is 71.3 Å². The first-order valence-corrected chi connectivity index (χ1v) is 31.0. The highest BCUT2D eigenvalue weighted by atomic mass is 32.1. The third kappa shape index (κ3) is 35.1. The van der Waals surface area contributed by atoms with Gasteiger partial charge in [0, 0.05) is 71.4 Å². The Bertz CT molecular complexity index is 2370. The van der Waals surface area contributed by atoms with Gasteiger partial charge in [-0.05, 0) is 145 Å². The molecular weight excluding hydrogens is 1140 g/mol. The van der Waals surface area contributed by atoms with E-state index in [-0.39, 0.29) is 85.0 Å². The smallest absolute Gasteiger partial charge is 0.416 e. The molecule has 1 unspecified atom stereocenters. The zero-order chi connectivity index (χ0) is 64.6. The molecule has 22 nitrogen and oxygen atoms in total. The molecule has 1 saturated carbocycles. The monoisotopic (exact) mass is 1240 g/mol. The minimum atomic E-state index is -4.46. The number of nitrogens with two attached hydrogens (primary N) is 1. The van der Waals surface area contributed by atoms with Crippen LogP contribution in [0, 0.1) is 17.8 Å². The predicted molar refractivity (Wildman–Crippen MR) is 323 cm³/mol. The van der Waals surface area contributed by atoms with Gasteiger partial charge < -0.3 is 63.8 Å². The minimum absolute atomic E-state index is 0.0188. The number of amides is 9. The van der Waals surface area contributed by atoms with Crippen LogP contribution in [-0.2, 0) is 55.9 Å². The number of hydrogen-bond donors (Lipinski definition) is 12. The molecule has 1 aliphatic carbocycles.